The van der Waals surface area contributed by atoms with Gasteiger partial charge in [0.25, 0.3) is 0 Å². The van der Waals surface area contributed by atoms with Crippen LogP contribution in [0.25, 0.3) is 0 Å². The molecule has 2 rings (SSSR count). The number of hydrogen-bond donors (Lipinski definition) is 6. The van der Waals surface area contributed by atoms with Crippen molar-refractivity contribution in [3.63, 3.8) is 0 Å². The van der Waals surface area contributed by atoms with Gasteiger partial charge in [-0.25, -0.2) is 0 Å². The van der Waals surface area contributed by atoms with E-state index in [1.807, 2.05) is 77.1 Å². The smallest absolute Gasteiger partial charge is 0.187 e. The fraction of sp³-hybridized carbons (Fsp3) is 0.407. The summed E-state index contributed by atoms with van der Waals surface area (Å²) in [6.07, 6.45) is 0.688. The number of benzene rings is 2. The van der Waals surface area contributed by atoms with Gasteiger partial charge in [0.15, 0.2) is 10.2 Å². The Labute approximate surface area is 236 Å². The molecule has 0 aliphatic heterocycles. The normalized spacial score (nSPS) is 14.0. The van der Waals surface area contributed by atoms with Gasteiger partial charge in [-0.05, 0) is 69.7 Å². The average molecular weight is 557 g/mol. The molecule has 0 saturated carbocycles. The Hall–Kier alpha value is -3.12. The second kappa shape index (κ2) is 14.1. The van der Waals surface area contributed by atoms with E-state index in [0.717, 1.165) is 11.1 Å². The second-order valence-electron chi connectivity index (χ2n) is 9.99. The monoisotopic (exact) mass is 556 g/mol. The lowest BCUT2D eigenvalue weighted by Gasteiger charge is -2.32. The average Bonchev–Trinajstić information content (AvgIpc) is 2.86. The van der Waals surface area contributed by atoms with E-state index in [9.17, 15) is 0 Å². The highest BCUT2D eigenvalue weighted by molar-refractivity contribution is 7.80. The van der Waals surface area contributed by atoms with Crippen LogP contribution < -0.4 is 33.0 Å². The Morgan fingerprint density at radius 3 is 1.95 bits per heavy atom. The zero-order valence-electron chi connectivity index (χ0n) is 23.0. The largest absolute Gasteiger partial charge is 0.399 e. The molecule has 0 spiro atoms. The molecule has 0 aliphatic rings. The molecule has 2 aromatic rings. The first-order valence-corrected chi connectivity index (χ1v) is 13.2. The van der Waals surface area contributed by atoms with E-state index >= 15 is 0 Å². The standard InChI is InChI=1S/C27H40N8OS2/c1-18(2)27(5,29)36-17-16-26(3,4)31-25(38)35-33-22(19-10-8-7-9-11-19)23(32-34-24(37)30-6)20-12-14-21(28)15-13-20/h7-15,18H,16-17,28-29H2,1-6H3,(H2,30,34,37)(H2,31,35,38)/b32-23+,33-22+. The van der Waals surface area contributed by atoms with Crippen LogP contribution in [0.5, 0.6) is 0 Å². The van der Waals surface area contributed by atoms with Crippen LogP contribution in [0.15, 0.2) is 64.8 Å². The van der Waals surface area contributed by atoms with Crippen molar-refractivity contribution in [1.29, 1.82) is 0 Å². The van der Waals surface area contributed by atoms with Crippen molar-refractivity contribution in [3.05, 3.63) is 65.7 Å². The Kier molecular flexibility index (Phi) is 11.6. The molecular weight excluding hydrogens is 516 g/mol. The van der Waals surface area contributed by atoms with E-state index in [2.05, 4.69) is 31.7 Å². The Morgan fingerprint density at radius 2 is 1.42 bits per heavy atom. The van der Waals surface area contributed by atoms with Crippen molar-refractivity contribution in [2.45, 2.75) is 52.3 Å². The minimum absolute atomic E-state index is 0.195. The summed E-state index contributed by atoms with van der Waals surface area (Å²) in [5, 5.41) is 16.1. The maximum atomic E-state index is 6.23. The van der Waals surface area contributed by atoms with Crippen molar-refractivity contribution in [3.8, 4) is 0 Å². The van der Waals surface area contributed by atoms with E-state index in [-0.39, 0.29) is 11.5 Å². The number of hydrazone groups is 2. The van der Waals surface area contributed by atoms with E-state index in [1.165, 1.54) is 0 Å². The van der Waals surface area contributed by atoms with Crippen LogP contribution in [0.1, 0.15) is 52.2 Å². The highest BCUT2D eigenvalue weighted by atomic mass is 32.1. The Morgan fingerprint density at radius 1 is 0.895 bits per heavy atom. The maximum absolute atomic E-state index is 6.23. The molecule has 0 amide bonds. The predicted octanol–water partition coefficient (Wildman–Crippen LogP) is 3.45. The molecule has 0 saturated heterocycles. The van der Waals surface area contributed by atoms with Crippen molar-refractivity contribution in [1.82, 2.24) is 21.5 Å². The molecule has 11 heteroatoms. The third kappa shape index (κ3) is 9.97. The van der Waals surface area contributed by atoms with E-state index in [1.54, 1.807) is 19.2 Å². The van der Waals surface area contributed by atoms with Gasteiger partial charge in [-0.1, -0.05) is 56.3 Å². The molecule has 1 atom stereocenters. The number of nitrogens with two attached hydrogens (primary N) is 2. The van der Waals surface area contributed by atoms with Gasteiger partial charge in [-0.15, -0.1) is 0 Å². The maximum Gasteiger partial charge on any atom is 0.187 e. The highest BCUT2D eigenvalue weighted by Crippen LogP contribution is 2.17. The summed E-state index contributed by atoms with van der Waals surface area (Å²) >= 11 is 10.8. The number of thiocarbonyl (C=S) groups is 2. The molecule has 206 valence electrons. The third-order valence-electron chi connectivity index (χ3n) is 5.96. The van der Waals surface area contributed by atoms with Crippen LogP contribution in [0.3, 0.4) is 0 Å². The van der Waals surface area contributed by atoms with Crippen molar-refractivity contribution in [2.24, 2.45) is 21.9 Å². The molecule has 0 aromatic heterocycles. The molecule has 0 radical (unpaired) electrons. The van der Waals surface area contributed by atoms with Gasteiger partial charge < -0.3 is 26.8 Å². The molecular formula is C27H40N8OS2. The fourth-order valence-corrected chi connectivity index (χ4v) is 3.47. The Bertz CT molecular complexity index is 1130. The summed E-state index contributed by atoms with van der Waals surface area (Å²) in [5.74, 6) is 0.195. The zero-order chi connectivity index (χ0) is 28.3. The van der Waals surface area contributed by atoms with Crippen LogP contribution in [0, 0.1) is 5.92 Å². The molecule has 0 bridgehead atoms. The molecule has 9 nitrogen and oxygen atoms in total. The number of ether oxygens (including phenoxy) is 1. The van der Waals surface area contributed by atoms with Crippen LogP contribution in [0.2, 0.25) is 0 Å². The SMILES string of the molecule is CNC(=S)N/N=C(/C(=N/NC(=S)NC(C)(C)CCOC(C)(N)C(C)C)c1ccccc1)c1ccc(N)cc1. The zero-order valence-corrected chi connectivity index (χ0v) is 24.6. The van der Waals surface area contributed by atoms with Gasteiger partial charge in [0.05, 0.1) is 6.61 Å². The van der Waals surface area contributed by atoms with Crippen molar-refractivity contribution >= 4 is 51.8 Å². The minimum Gasteiger partial charge on any atom is -0.399 e. The summed E-state index contributed by atoms with van der Waals surface area (Å²) < 4.78 is 5.91. The van der Waals surface area contributed by atoms with Crippen LogP contribution in [-0.2, 0) is 4.74 Å². The number of nitrogens with zero attached hydrogens (tertiary/aromatic N) is 2. The summed E-state index contributed by atoms with van der Waals surface area (Å²) in [5.41, 5.74) is 20.3. The van der Waals surface area contributed by atoms with Crippen LogP contribution in [0.4, 0.5) is 5.69 Å². The van der Waals surface area contributed by atoms with Gasteiger partial charge >= 0.3 is 0 Å². The van der Waals surface area contributed by atoms with Gasteiger partial charge in [0.2, 0.25) is 0 Å². The van der Waals surface area contributed by atoms with E-state index in [0.29, 0.717) is 40.4 Å². The predicted molar refractivity (Wildman–Crippen MR) is 166 cm³/mol. The number of nitrogen functional groups attached to an aromatic ring is 1. The summed E-state index contributed by atoms with van der Waals surface area (Å²) in [6.45, 7) is 10.5. The number of anilines is 1. The Balaban J connectivity index is 2.29. The quantitative estimate of drug-likeness (QED) is 0.0809. The van der Waals surface area contributed by atoms with Gasteiger partial charge in [-0.3, -0.25) is 10.9 Å². The van der Waals surface area contributed by atoms with Crippen LogP contribution >= 0.6 is 24.4 Å². The van der Waals surface area contributed by atoms with E-state index in [4.69, 9.17) is 40.6 Å². The summed E-state index contributed by atoms with van der Waals surface area (Å²) in [6, 6.07) is 17.0. The summed E-state index contributed by atoms with van der Waals surface area (Å²) in [4.78, 5) is 0. The molecule has 0 aliphatic carbocycles. The van der Waals surface area contributed by atoms with Crippen molar-refractivity contribution in [2.75, 3.05) is 19.4 Å². The highest BCUT2D eigenvalue weighted by Gasteiger charge is 2.26. The lowest BCUT2D eigenvalue weighted by molar-refractivity contribution is -0.0649. The third-order valence-corrected chi connectivity index (χ3v) is 6.45. The molecule has 0 fully saturated rings. The first-order chi connectivity index (χ1) is 17.8. The number of nitrogens with one attached hydrogen (secondary N) is 4. The van der Waals surface area contributed by atoms with Gasteiger partial charge in [0.1, 0.15) is 17.1 Å². The van der Waals surface area contributed by atoms with Gasteiger partial charge in [0, 0.05) is 29.4 Å². The van der Waals surface area contributed by atoms with E-state index < -0.39 is 5.72 Å². The summed E-state index contributed by atoms with van der Waals surface area (Å²) in [7, 11) is 1.72. The topological polar surface area (TPSA) is 134 Å². The first kappa shape index (κ1) is 31.1. The number of hydrogen-bond acceptors (Lipinski definition) is 7. The molecule has 8 N–H and O–H groups in total. The lowest BCUT2D eigenvalue weighted by Crippen LogP contribution is -2.49. The van der Waals surface area contributed by atoms with Gasteiger partial charge in [-0.2, -0.15) is 10.2 Å². The fourth-order valence-electron chi connectivity index (χ4n) is 3.11. The number of rotatable bonds is 11. The first-order valence-electron chi connectivity index (χ1n) is 12.4. The molecule has 0 heterocycles. The second-order valence-corrected chi connectivity index (χ2v) is 10.8. The lowest BCUT2D eigenvalue weighted by atomic mass is 9.99. The molecule has 38 heavy (non-hydrogen) atoms. The molecule has 2 aromatic carbocycles. The van der Waals surface area contributed by atoms with Crippen molar-refractivity contribution < 1.29 is 4.74 Å². The minimum atomic E-state index is -0.689. The molecule has 1 unspecified atom stereocenters. The van der Waals surface area contributed by atoms with Crippen LogP contribution in [-0.4, -0.2) is 46.6 Å².